The minimum absolute atomic E-state index is 0.0190. The molecule has 0 bridgehead atoms. The third kappa shape index (κ3) is 4.11. The Labute approximate surface area is 145 Å². The summed E-state index contributed by atoms with van der Waals surface area (Å²) in [5.41, 5.74) is 2.13. The molecule has 1 atom stereocenters. The van der Waals surface area contributed by atoms with Gasteiger partial charge in [0, 0.05) is 11.9 Å². The summed E-state index contributed by atoms with van der Waals surface area (Å²) in [6.07, 6.45) is 1.54. The molecule has 0 spiro atoms. The molecule has 4 nitrogen and oxygen atoms in total. The fourth-order valence-corrected chi connectivity index (χ4v) is 3.27. The van der Waals surface area contributed by atoms with Gasteiger partial charge in [-0.3, -0.25) is 4.79 Å². The molecule has 3 rings (SSSR count). The maximum absolute atomic E-state index is 12.1. The molecule has 0 aliphatic rings. The summed E-state index contributed by atoms with van der Waals surface area (Å²) in [7, 11) is 0. The lowest BCUT2D eigenvalue weighted by atomic mass is 10.0. The fraction of sp³-hybridized carbons (Fsp3) is 0.211. The molecule has 1 N–H and O–H groups in total. The van der Waals surface area contributed by atoms with Crippen LogP contribution >= 0.6 is 11.8 Å². The summed E-state index contributed by atoms with van der Waals surface area (Å²) in [4.78, 5) is 20.6. The summed E-state index contributed by atoms with van der Waals surface area (Å²) in [6.45, 7) is 2.74. The van der Waals surface area contributed by atoms with Gasteiger partial charge in [0.05, 0.1) is 11.3 Å². The number of amides is 1. The van der Waals surface area contributed by atoms with E-state index < -0.39 is 0 Å². The number of carbonyl (C=O) groups excluding carboxylic acids is 1. The number of rotatable bonds is 6. The topological polar surface area (TPSA) is 54.9 Å². The number of hydrogen-bond acceptors (Lipinski definition) is 4. The van der Waals surface area contributed by atoms with Gasteiger partial charge in [0.1, 0.15) is 11.4 Å². The molecule has 1 amide bonds. The van der Waals surface area contributed by atoms with E-state index in [9.17, 15) is 4.79 Å². The maximum atomic E-state index is 12.1. The van der Waals surface area contributed by atoms with Crippen LogP contribution in [0.3, 0.4) is 0 Å². The summed E-state index contributed by atoms with van der Waals surface area (Å²) in [5, 5.41) is 4.82. The van der Waals surface area contributed by atoms with Crippen molar-refractivity contribution in [3.05, 3.63) is 66.5 Å². The van der Waals surface area contributed by atoms with E-state index in [1.54, 1.807) is 6.33 Å². The van der Waals surface area contributed by atoms with E-state index in [-0.39, 0.29) is 5.91 Å². The van der Waals surface area contributed by atoms with Gasteiger partial charge in [-0.1, -0.05) is 67.2 Å². The lowest BCUT2D eigenvalue weighted by Gasteiger charge is -2.13. The van der Waals surface area contributed by atoms with Gasteiger partial charge in [-0.2, -0.15) is 0 Å². The molecule has 0 fully saturated rings. The van der Waals surface area contributed by atoms with Crippen molar-refractivity contribution in [1.82, 2.24) is 15.3 Å². The summed E-state index contributed by atoms with van der Waals surface area (Å²) in [6, 6.07) is 18.0. The van der Waals surface area contributed by atoms with Gasteiger partial charge in [0.15, 0.2) is 0 Å². The van der Waals surface area contributed by atoms with E-state index in [0.717, 1.165) is 15.9 Å². The van der Waals surface area contributed by atoms with Gasteiger partial charge >= 0.3 is 0 Å². The molecule has 122 valence electrons. The molecule has 24 heavy (non-hydrogen) atoms. The Balaban J connectivity index is 1.54. The first-order valence-corrected chi connectivity index (χ1v) is 8.87. The monoisotopic (exact) mass is 337 g/mol. The lowest BCUT2D eigenvalue weighted by molar-refractivity contribution is -0.118. The van der Waals surface area contributed by atoms with Crippen molar-refractivity contribution in [2.75, 3.05) is 12.3 Å². The zero-order chi connectivity index (χ0) is 16.8. The molecule has 0 saturated carbocycles. The molecule has 0 saturated heterocycles. The van der Waals surface area contributed by atoms with Crippen LogP contribution in [0.2, 0.25) is 0 Å². The van der Waals surface area contributed by atoms with Crippen LogP contribution in [0.1, 0.15) is 18.4 Å². The Morgan fingerprint density at radius 2 is 1.83 bits per heavy atom. The SMILES string of the molecule is C[C@@H](CNC(=O)CSc1ncnc2ccccc12)c1ccccc1. The van der Waals surface area contributed by atoms with Crippen LogP contribution in [-0.2, 0) is 4.79 Å². The van der Waals surface area contributed by atoms with Crippen molar-refractivity contribution in [3.8, 4) is 0 Å². The van der Waals surface area contributed by atoms with Gasteiger partial charge in [0.25, 0.3) is 0 Å². The largest absolute Gasteiger partial charge is 0.355 e. The number of fused-ring (bicyclic) bond motifs is 1. The normalized spacial score (nSPS) is 12.0. The Hall–Kier alpha value is -2.40. The van der Waals surface area contributed by atoms with Crippen molar-refractivity contribution >= 4 is 28.6 Å². The van der Waals surface area contributed by atoms with Crippen molar-refractivity contribution in [3.63, 3.8) is 0 Å². The smallest absolute Gasteiger partial charge is 0.230 e. The van der Waals surface area contributed by atoms with Crippen LogP contribution < -0.4 is 5.32 Å². The molecule has 0 unspecified atom stereocenters. The standard InChI is InChI=1S/C19H19N3OS/c1-14(15-7-3-2-4-8-15)11-20-18(23)12-24-19-16-9-5-6-10-17(16)21-13-22-19/h2-10,13-14H,11-12H2,1H3,(H,20,23)/t14-/m0/s1. The van der Waals surface area contributed by atoms with Gasteiger partial charge in [-0.25, -0.2) is 9.97 Å². The minimum atomic E-state index is 0.0190. The Kier molecular flexibility index (Phi) is 5.43. The number of nitrogens with one attached hydrogen (secondary N) is 1. The third-order valence-electron chi connectivity index (χ3n) is 3.82. The zero-order valence-corrected chi connectivity index (χ0v) is 14.3. The Bertz CT molecular complexity index is 818. The fourth-order valence-electron chi connectivity index (χ4n) is 2.45. The molecule has 1 heterocycles. The second kappa shape index (κ2) is 7.93. The number of nitrogens with zero attached hydrogens (tertiary/aromatic N) is 2. The third-order valence-corrected chi connectivity index (χ3v) is 4.83. The van der Waals surface area contributed by atoms with Crippen LogP contribution in [0.5, 0.6) is 0 Å². The van der Waals surface area contributed by atoms with Crippen LogP contribution in [0.4, 0.5) is 0 Å². The minimum Gasteiger partial charge on any atom is -0.355 e. The highest BCUT2D eigenvalue weighted by atomic mass is 32.2. The number of benzene rings is 2. The Morgan fingerprint density at radius 3 is 2.67 bits per heavy atom. The van der Waals surface area contributed by atoms with E-state index in [4.69, 9.17) is 0 Å². The van der Waals surface area contributed by atoms with Crippen LogP contribution in [0, 0.1) is 0 Å². The zero-order valence-electron chi connectivity index (χ0n) is 13.5. The summed E-state index contributed by atoms with van der Waals surface area (Å²) in [5.74, 6) is 0.660. The number of aromatic nitrogens is 2. The first-order chi connectivity index (χ1) is 11.7. The molecular formula is C19H19N3OS. The maximum Gasteiger partial charge on any atom is 0.230 e. The highest BCUT2D eigenvalue weighted by Crippen LogP contribution is 2.23. The van der Waals surface area contributed by atoms with Gasteiger partial charge in [0.2, 0.25) is 5.91 Å². The molecule has 0 aliphatic heterocycles. The van der Waals surface area contributed by atoms with Crippen molar-refractivity contribution < 1.29 is 4.79 Å². The first kappa shape index (κ1) is 16.5. The molecule has 1 aromatic heterocycles. The number of thioether (sulfide) groups is 1. The Morgan fingerprint density at radius 1 is 1.08 bits per heavy atom. The van der Waals surface area contributed by atoms with E-state index in [1.165, 1.54) is 17.3 Å². The highest BCUT2D eigenvalue weighted by molar-refractivity contribution is 8.00. The first-order valence-electron chi connectivity index (χ1n) is 7.88. The molecule has 5 heteroatoms. The van der Waals surface area contributed by atoms with Gasteiger partial charge in [-0.05, 0) is 17.5 Å². The van der Waals surface area contributed by atoms with Gasteiger partial charge < -0.3 is 5.32 Å². The highest BCUT2D eigenvalue weighted by Gasteiger charge is 2.10. The van der Waals surface area contributed by atoms with Crippen LogP contribution in [0.25, 0.3) is 10.9 Å². The van der Waals surface area contributed by atoms with Crippen molar-refractivity contribution in [2.45, 2.75) is 17.9 Å². The van der Waals surface area contributed by atoms with Crippen molar-refractivity contribution in [2.24, 2.45) is 0 Å². The summed E-state index contributed by atoms with van der Waals surface area (Å²) >= 11 is 1.44. The predicted molar refractivity (Wildman–Crippen MR) is 98.1 cm³/mol. The number of para-hydroxylation sites is 1. The quantitative estimate of drug-likeness (QED) is 0.551. The second-order valence-corrected chi connectivity index (χ2v) is 6.56. The van der Waals surface area contributed by atoms with Gasteiger partial charge in [-0.15, -0.1) is 0 Å². The lowest BCUT2D eigenvalue weighted by Crippen LogP contribution is -2.29. The van der Waals surface area contributed by atoms with Crippen LogP contribution in [-0.4, -0.2) is 28.2 Å². The molecule has 0 radical (unpaired) electrons. The van der Waals surface area contributed by atoms with E-state index in [1.807, 2.05) is 42.5 Å². The van der Waals surface area contributed by atoms with Crippen LogP contribution in [0.15, 0.2) is 66.0 Å². The number of carbonyl (C=O) groups is 1. The second-order valence-electron chi connectivity index (χ2n) is 5.60. The average molecular weight is 337 g/mol. The average Bonchev–Trinajstić information content (AvgIpc) is 2.65. The molecular weight excluding hydrogens is 318 g/mol. The van der Waals surface area contributed by atoms with E-state index in [0.29, 0.717) is 18.2 Å². The predicted octanol–water partition coefficient (Wildman–Crippen LogP) is 3.64. The number of hydrogen-bond donors (Lipinski definition) is 1. The van der Waals surface area contributed by atoms with Crippen molar-refractivity contribution in [1.29, 1.82) is 0 Å². The van der Waals surface area contributed by atoms with E-state index >= 15 is 0 Å². The molecule has 0 aliphatic carbocycles. The molecule has 3 aromatic rings. The summed E-state index contributed by atoms with van der Waals surface area (Å²) < 4.78 is 0. The van der Waals surface area contributed by atoms with E-state index in [2.05, 4.69) is 34.3 Å². The molecule has 2 aromatic carbocycles.